The standard InChI is InChI=1S/C9H10ClN3O2/c1-12(2)9(14)13(11-15)8-6-4-3-5-7(8)10/h3-6H,1-2H3. The van der Waals surface area contributed by atoms with Crippen LogP contribution in [0.5, 0.6) is 0 Å². The summed E-state index contributed by atoms with van der Waals surface area (Å²) in [6.45, 7) is 0. The minimum atomic E-state index is -0.543. The summed E-state index contributed by atoms with van der Waals surface area (Å²) >= 11 is 5.84. The van der Waals surface area contributed by atoms with Crippen molar-refractivity contribution in [1.29, 1.82) is 0 Å². The number of anilines is 1. The van der Waals surface area contributed by atoms with Gasteiger partial charge in [0, 0.05) is 14.1 Å². The molecular formula is C9H10ClN3O2. The Bertz CT molecular complexity index is 381. The highest BCUT2D eigenvalue weighted by molar-refractivity contribution is 6.33. The van der Waals surface area contributed by atoms with Crippen molar-refractivity contribution < 1.29 is 4.79 Å². The molecule has 0 heterocycles. The van der Waals surface area contributed by atoms with Crippen LogP contribution in [0.3, 0.4) is 0 Å². The predicted molar refractivity (Wildman–Crippen MR) is 58.8 cm³/mol. The van der Waals surface area contributed by atoms with Crippen LogP contribution in [-0.4, -0.2) is 25.0 Å². The molecule has 0 aliphatic rings. The molecule has 80 valence electrons. The minimum absolute atomic E-state index is 0.271. The number of halogens is 1. The summed E-state index contributed by atoms with van der Waals surface area (Å²) in [5.41, 5.74) is 0.271. The zero-order valence-electron chi connectivity index (χ0n) is 8.35. The van der Waals surface area contributed by atoms with Crippen molar-refractivity contribution in [3.63, 3.8) is 0 Å². The van der Waals surface area contributed by atoms with E-state index in [4.69, 9.17) is 11.6 Å². The van der Waals surface area contributed by atoms with Gasteiger partial charge in [-0.15, -0.1) is 9.92 Å². The van der Waals surface area contributed by atoms with Crippen LogP contribution in [0.1, 0.15) is 0 Å². The van der Waals surface area contributed by atoms with Gasteiger partial charge >= 0.3 is 6.03 Å². The summed E-state index contributed by atoms with van der Waals surface area (Å²) < 4.78 is 0. The van der Waals surface area contributed by atoms with Crippen molar-refractivity contribution in [2.24, 2.45) is 5.29 Å². The van der Waals surface area contributed by atoms with E-state index in [-0.39, 0.29) is 5.69 Å². The molecule has 1 aromatic carbocycles. The van der Waals surface area contributed by atoms with Crippen LogP contribution < -0.4 is 5.01 Å². The largest absolute Gasteiger partial charge is 0.347 e. The second-order valence-electron chi connectivity index (χ2n) is 3.02. The molecule has 0 unspecified atom stereocenters. The first kappa shape index (κ1) is 11.5. The highest BCUT2D eigenvalue weighted by Gasteiger charge is 2.20. The van der Waals surface area contributed by atoms with Crippen LogP contribution in [0, 0.1) is 4.91 Å². The lowest BCUT2D eigenvalue weighted by Gasteiger charge is -2.18. The molecule has 2 amide bonds. The Labute approximate surface area is 92.2 Å². The Morgan fingerprint density at radius 1 is 1.33 bits per heavy atom. The Morgan fingerprint density at radius 3 is 2.40 bits per heavy atom. The molecule has 5 nitrogen and oxygen atoms in total. The fraction of sp³-hybridized carbons (Fsp3) is 0.222. The number of nitrogens with zero attached hydrogens (tertiary/aromatic N) is 3. The van der Waals surface area contributed by atoms with E-state index in [1.807, 2.05) is 0 Å². The van der Waals surface area contributed by atoms with E-state index in [1.165, 1.54) is 19.0 Å². The number of rotatable bonds is 2. The molecule has 0 aliphatic heterocycles. The maximum atomic E-state index is 11.5. The van der Waals surface area contributed by atoms with E-state index in [1.54, 1.807) is 24.3 Å². The molecule has 15 heavy (non-hydrogen) atoms. The van der Waals surface area contributed by atoms with Crippen molar-refractivity contribution in [3.8, 4) is 0 Å². The van der Waals surface area contributed by atoms with Crippen molar-refractivity contribution >= 4 is 23.3 Å². The lowest BCUT2D eigenvalue weighted by molar-refractivity contribution is 0.224. The van der Waals surface area contributed by atoms with E-state index < -0.39 is 6.03 Å². The third kappa shape index (κ3) is 2.44. The summed E-state index contributed by atoms with van der Waals surface area (Å²) in [4.78, 5) is 23.3. The van der Waals surface area contributed by atoms with E-state index in [9.17, 15) is 9.70 Å². The molecule has 0 atom stereocenters. The highest BCUT2D eigenvalue weighted by Crippen LogP contribution is 2.25. The molecule has 0 bridgehead atoms. The number of benzene rings is 1. The highest BCUT2D eigenvalue weighted by atomic mass is 35.5. The number of para-hydroxylation sites is 1. The first-order chi connectivity index (χ1) is 7.07. The average molecular weight is 228 g/mol. The molecule has 0 saturated heterocycles. The van der Waals surface area contributed by atoms with Gasteiger partial charge in [0.1, 0.15) is 0 Å². The molecule has 1 rings (SSSR count). The summed E-state index contributed by atoms with van der Waals surface area (Å²) in [6, 6.07) is 5.96. The molecule has 1 aromatic rings. The smallest absolute Gasteiger partial charge is 0.329 e. The fourth-order valence-corrected chi connectivity index (χ4v) is 1.21. The summed E-state index contributed by atoms with van der Waals surface area (Å²) in [5.74, 6) is 0. The van der Waals surface area contributed by atoms with Gasteiger partial charge in [-0.2, -0.15) is 0 Å². The number of hydrogen-bond acceptors (Lipinski definition) is 3. The summed E-state index contributed by atoms with van der Waals surface area (Å²) in [7, 11) is 3.05. The van der Waals surface area contributed by atoms with Gasteiger partial charge in [-0.05, 0) is 12.1 Å². The zero-order valence-corrected chi connectivity index (χ0v) is 9.10. The summed E-state index contributed by atoms with van der Waals surface area (Å²) in [5, 5.41) is 3.66. The SMILES string of the molecule is CN(C)C(=O)N(N=O)c1ccccc1Cl. The summed E-state index contributed by atoms with van der Waals surface area (Å²) in [6.07, 6.45) is 0. The van der Waals surface area contributed by atoms with Crippen molar-refractivity contribution in [2.75, 3.05) is 19.1 Å². The van der Waals surface area contributed by atoms with Gasteiger partial charge in [0.15, 0.2) is 0 Å². The zero-order chi connectivity index (χ0) is 11.4. The van der Waals surface area contributed by atoms with Gasteiger partial charge in [-0.3, -0.25) is 0 Å². The maximum Gasteiger partial charge on any atom is 0.347 e. The van der Waals surface area contributed by atoms with Crippen LogP contribution in [-0.2, 0) is 0 Å². The van der Waals surface area contributed by atoms with Crippen molar-refractivity contribution in [2.45, 2.75) is 0 Å². The van der Waals surface area contributed by atoms with Crippen LogP contribution in [0.25, 0.3) is 0 Å². The van der Waals surface area contributed by atoms with Crippen LogP contribution >= 0.6 is 11.6 Å². The van der Waals surface area contributed by atoms with Gasteiger partial charge in [0.25, 0.3) is 0 Å². The van der Waals surface area contributed by atoms with Gasteiger partial charge in [0.2, 0.25) is 0 Å². The number of nitroso groups, excluding NO2 is 1. The quantitative estimate of drug-likeness (QED) is 0.576. The molecule has 0 saturated carbocycles. The van der Waals surface area contributed by atoms with E-state index in [0.717, 1.165) is 0 Å². The first-order valence-corrected chi connectivity index (χ1v) is 4.55. The van der Waals surface area contributed by atoms with Gasteiger partial charge in [-0.25, -0.2) is 4.79 Å². The van der Waals surface area contributed by atoms with Crippen LogP contribution in [0.4, 0.5) is 10.5 Å². The third-order valence-electron chi connectivity index (χ3n) is 1.73. The molecule has 0 aliphatic carbocycles. The fourth-order valence-electron chi connectivity index (χ4n) is 0.995. The Kier molecular flexibility index (Phi) is 3.62. The molecule has 0 aromatic heterocycles. The number of hydrogen-bond donors (Lipinski definition) is 0. The molecule has 0 fully saturated rings. The minimum Gasteiger partial charge on any atom is -0.329 e. The van der Waals surface area contributed by atoms with E-state index in [2.05, 4.69) is 5.29 Å². The molecular weight excluding hydrogens is 218 g/mol. The topological polar surface area (TPSA) is 53.0 Å². The number of urea groups is 1. The Balaban J connectivity index is 3.08. The molecule has 0 N–H and O–H groups in total. The first-order valence-electron chi connectivity index (χ1n) is 4.17. The lowest BCUT2D eigenvalue weighted by Crippen LogP contribution is -2.35. The normalized spacial score (nSPS) is 9.53. The average Bonchev–Trinajstić information content (AvgIpc) is 2.21. The number of amides is 2. The molecule has 0 spiro atoms. The second kappa shape index (κ2) is 4.75. The van der Waals surface area contributed by atoms with Gasteiger partial charge in [-0.1, -0.05) is 23.7 Å². The van der Waals surface area contributed by atoms with Crippen LogP contribution in [0.15, 0.2) is 29.6 Å². The Morgan fingerprint density at radius 2 is 1.93 bits per heavy atom. The van der Waals surface area contributed by atoms with Gasteiger partial charge in [0.05, 0.1) is 16.0 Å². The Hall–Kier alpha value is -1.62. The number of carbonyl (C=O) groups is 1. The second-order valence-corrected chi connectivity index (χ2v) is 3.43. The van der Waals surface area contributed by atoms with E-state index in [0.29, 0.717) is 10.0 Å². The maximum absolute atomic E-state index is 11.5. The monoisotopic (exact) mass is 227 g/mol. The molecule has 0 radical (unpaired) electrons. The lowest BCUT2D eigenvalue weighted by atomic mass is 10.3. The predicted octanol–water partition coefficient (Wildman–Crippen LogP) is 2.51. The van der Waals surface area contributed by atoms with E-state index >= 15 is 0 Å². The molecule has 6 heteroatoms. The van der Waals surface area contributed by atoms with Crippen LogP contribution in [0.2, 0.25) is 5.02 Å². The third-order valence-corrected chi connectivity index (χ3v) is 2.05. The van der Waals surface area contributed by atoms with Crippen molar-refractivity contribution in [3.05, 3.63) is 34.2 Å². The number of carbonyl (C=O) groups excluding carboxylic acids is 1. The van der Waals surface area contributed by atoms with Gasteiger partial charge < -0.3 is 4.90 Å². The van der Waals surface area contributed by atoms with Crippen molar-refractivity contribution in [1.82, 2.24) is 4.90 Å².